The van der Waals surface area contributed by atoms with Gasteiger partial charge in [-0.25, -0.2) is 4.98 Å². The average Bonchev–Trinajstić information content (AvgIpc) is 3.16. The molecule has 1 saturated heterocycles. The number of anilines is 2. The van der Waals surface area contributed by atoms with Crippen LogP contribution in [0.3, 0.4) is 0 Å². The molecular weight excluding hydrogens is 410 g/mol. The van der Waals surface area contributed by atoms with Crippen molar-refractivity contribution in [2.24, 2.45) is 5.18 Å². The Morgan fingerprint density at radius 3 is 2.71 bits per heavy atom. The number of hydrogen-bond donors (Lipinski definition) is 1. The summed E-state index contributed by atoms with van der Waals surface area (Å²) < 4.78 is 12.6. The third-order valence-corrected chi connectivity index (χ3v) is 7.47. The second-order valence-corrected chi connectivity index (χ2v) is 9.76. The predicted octanol–water partition coefficient (Wildman–Crippen LogP) is 4.65. The van der Waals surface area contributed by atoms with Crippen molar-refractivity contribution in [1.82, 2.24) is 9.97 Å². The van der Waals surface area contributed by atoms with Crippen LogP contribution in [0.1, 0.15) is 55.3 Å². The van der Waals surface area contributed by atoms with E-state index in [1.807, 2.05) is 6.92 Å². The maximum atomic E-state index is 12.6. The van der Waals surface area contributed by atoms with Crippen LogP contribution in [0.15, 0.2) is 46.2 Å². The van der Waals surface area contributed by atoms with Crippen LogP contribution in [0, 0.1) is 11.8 Å². The molecule has 31 heavy (non-hydrogen) atoms. The zero-order valence-corrected chi connectivity index (χ0v) is 19.0. The lowest BCUT2D eigenvalue weighted by atomic mass is 9.89. The van der Waals surface area contributed by atoms with Gasteiger partial charge in [0.15, 0.2) is 5.82 Å². The van der Waals surface area contributed by atoms with E-state index in [1.165, 1.54) is 17.3 Å². The Labute approximate surface area is 186 Å². The van der Waals surface area contributed by atoms with Crippen LogP contribution in [0.25, 0.3) is 0 Å². The van der Waals surface area contributed by atoms with Gasteiger partial charge in [-0.05, 0) is 54.0 Å². The molecule has 8 heteroatoms. The number of aryl methyl sites for hydroxylation is 2. The Bertz CT molecular complexity index is 955. The molecule has 164 valence electrons. The Hall–Kier alpha value is -2.45. The van der Waals surface area contributed by atoms with Gasteiger partial charge in [0, 0.05) is 25.2 Å². The second-order valence-electron chi connectivity index (χ2n) is 8.25. The number of rotatable bonds is 7. The Morgan fingerprint density at radius 1 is 1.29 bits per heavy atom. The van der Waals surface area contributed by atoms with Gasteiger partial charge in [-0.3, -0.25) is 0 Å². The van der Waals surface area contributed by atoms with Crippen LogP contribution in [0.4, 0.5) is 11.8 Å². The number of aromatic nitrogens is 2. The summed E-state index contributed by atoms with van der Waals surface area (Å²) in [4.78, 5) is 23.2. The van der Waals surface area contributed by atoms with Crippen LogP contribution in [0.5, 0.6) is 0 Å². The molecule has 3 heterocycles. The zero-order chi connectivity index (χ0) is 21.8. The van der Waals surface area contributed by atoms with Gasteiger partial charge < -0.3 is 14.8 Å². The standard InChI is InChI=1S/C23H29N5O2S/c1-3-4-19(15-24-29)25-22-21-20(11-14-31(21)30)26-23(27-22)28-12-9-18(10-13-28)17-7-5-16(2)6-8-17/h5-8,15,18H,3-4,9-14H2,1-2H3,(H,25,26,27)/b19-15+. The first-order valence-electron chi connectivity index (χ1n) is 11.0. The molecule has 1 N–H and O–H groups in total. The minimum atomic E-state index is -1.12. The number of allylic oxidation sites excluding steroid dienone is 1. The molecule has 0 aliphatic carbocycles. The lowest BCUT2D eigenvalue weighted by Crippen LogP contribution is -2.34. The van der Waals surface area contributed by atoms with Crippen molar-refractivity contribution in [1.29, 1.82) is 0 Å². The topological polar surface area (TPSA) is 93.5 Å². The quantitative estimate of drug-likeness (QED) is 0.498. The molecule has 2 aliphatic rings. The number of hydrogen-bond acceptors (Lipinski definition) is 7. The van der Waals surface area contributed by atoms with Crippen molar-refractivity contribution in [3.8, 4) is 0 Å². The lowest BCUT2D eigenvalue weighted by molar-refractivity contribution is 0.499. The molecule has 0 radical (unpaired) electrons. The highest BCUT2D eigenvalue weighted by Crippen LogP contribution is 2.35. The first-order chi connectivity index (χ1) is 15.1. The third kappa shape index (κ3) is 4.91. The molecule has 2 aliphatic heterocycles. The van der Waals surface area contributed by atoms with E-state index in [2.05, 4.69) is 46.6 Å². The zero-order valence-electron chi connectivity index (χ0n) is 18.1. The Kier molecular flexibility index (Phi) is 6.87. The van der Waals surface area contributed by atoms with E-state index in [-0.39, 0.29) is 0 Å². The first kappa shape index (κ1) is 21.8. The molecule has 4 rings (SSSR count). The van der Waals surface area contributed by atoms with Crippen LogP contribution < -0.4 is 10.2 Å². The molecule has 0 bridgehead atoms. The summed E-state index contributed by atoms with van der Waals surface area (Å²) in [5.74, 6) is 2.35. The van der Waals surface area contributed by atoms with Crippen molar-refractivity contribution in [2.75, 3.05) is 29.1 Å². The largest absolute Gasteiger partial charge is 0.611 e. The Morgan fingerprint density at radius 2 is 2.03 bits per heavy atom. The fourth-order valence-corrected chi connectivity index (χ4v) is 5.61. The lowest BCUT2D eigenvalue weighted by Gasteiger charge is -2.32. The fourth-order valence-electron chi connectivity index (χ4n) is 4.31. The molecule has 1 fully saturated rings. The smallest absolute Gasteiger partial charge is 0.227 e. The summed E-state index contributed by atoms with van der Waals surface area (Å²) in [6.45, 7) is 5.91. The van der Waals surface area contributed by atoms with Gasteiger partial charge >= 0.3 is 0 Å². The van der Waals surface area contributed by atoms with E-state index in [4.69, 9.17) is 9.97 Å². The van der Waals surface area contributed by atoms with E-state index in [0.29, 0.717) is 46.9 Å². The van der Waals surface area contributed by atoms with Crippen molar-refractivity contribution < 1.29 is 4.55 Å². The van der Waals surface area contributed by atoms with E-state index in [0.717, 1.165) is 38.0 Å². The van der Waals surface area contributed by atoms with E-state index < -0.39 is 11.2 Å². The maximum absolute atomic E-state index is 12.6. The van der Waals surface area contributed by atoms with Gasteiger partial charge in [-0.2, -0.15) is 4.98 Å². The molecular formula is C23H29N5O2S. The number of benzene rings is 1. The van der Waals surface area contributed by atoms with Gasteiger partial charge in [0.2, 0.25) is 10.8 Å². The predicted molar refractivity (Wildman–Crippen MR) is 125 cm³/mol. The van der Waals surface area contributed by atoms with Crippen molar-refractivity contribution in [3.63, 3.8) is 0 Å². The van der Waals surface area contributed by atoms with Crippen LogP contribution in [-0.4, -0.2) is 33.4 Å². The minimum Gasteiger partial charge on any atom is -0.611 e. The molecule has 1 aromatic carbocycles. The average molecular weight is 440 g/mol. The van der Waals surface area contributed by atoms with Crippen molar-refractivity contribution >= 4 is 22.9 Å². The molecule has 0 saturated carbocycles. The summed E-state index contributed by atoms with van der Waals surface area (Å²) in [5.41, 5.74) is 4.22. The highest BCUT2D eigenvalue weighted by atomic mass is 32.2. The summed E-state index contributed by atoms with van der Waals surface area (Å²) in [6.07, 6.45) is 5.61. The van der Waals surface area contributed by atoms with Gasteiger partial charge in [-0.1, -0.05) is 43.2 Å². The Balaban J connectivity index is 1.54. The summed E-state index contributed by atoms with van der Waals surface area (Å²) in [5, 5.41) is 6.14. The van der Waals surface area contributed by atoms with E-state index in [9.17, 15) is 9.46 Å². The molecule has 2 aromatic rings. The van der Waals surface area contributed by atoms with Crippen LogP contribution in [0.2, 0.25) is 0 Å². The normalized spacial score (nSPS) is 19.4. The number of fused-ring (bicyclic) bond motifs is 1. The van der Waals surface area contributed by atoms with Crippen molar-refractivity contribution in [2.45, 2.75) is 56.8 Å². The highest BCUT2D eigenvalue weighted by molar-refractivity contribution is 7.91. The molecule has 0 amide bonds. The van der Waals surface area contributed by atoms with Crippen LogP contribution >= 0.6 is 0 Å². The summed E-state index contributed by atoms with van der Waals surface area (Å²) >= 11 is -1.12. The number of nitrogens with zero attached hydrogens (tertiary/aromatic N) is 4. The second kappa shape index (κ2) is 9.78. The summed E-state index contributed by atoms with van der Waals surface area (Å²) in [6, 6.07) is 8.83. The maximum Gasteiger partial charge on any atom is 0.227 e. The van der Waals surface area contributed by atoms with Gasteiger partial charge in [0.05, 0.1) is 6.20 Å². The third-order valence-electron chi connectivity index (χ3n) is 6.01. The number of nitroso groups, excluding NO2 is 1. The molecule has 7 nitrogen and oxygen atoms in total. The van der Waals surface area contributed by atoms with Gasteiger partial charge in [0.25, 0.3) is 0 Å². The highest BCUT2D eigenvalue weighted by Gasteiger charge is 2.33. The van der Waals surface area contributed by atoms with E-state index >= 15 is 0 Å². The van der Waals surface area contributed by atoms with E-state index in [1.54, 1.807) is 0 Å². The molecule has 1 aromatic heterocycles. The van der Waals surface area contributed by atoms with Crippen LogP contribution in [-0.2, 0) is 17.6 Å². The van der Waals surface area contributed by atoms with Crippen molar-refractivity contribution in [3.05, 3.63) is 57.9 Å². The molecule has 0 spiro atoms. The van der Waals surface area contributed by atoms with Gasteiger partial charge in [-0.15, -0.1) is 4.91 Å². The van der Waals surface area contributed by atoms with Gasteiger partial charge in [0.1, 0.15) is 11.4 Å². The summed E-state index contributed by atoms with van der Waals surface area (Å²) in [7, 11) is 0. The number of nitrogens with one attached hydrogen (secondary N) is 1. The minimum absolute atomic E-state index is 0.550. The molecule has 1 unspecified atom stereocenters. The first-order valence-corrected chi connectivity index (χ1v) is 12.3. The number of piperidine rings is 1. The SMILES string of the molecule is CCC/C(=C\N=O)Nc1nc(N2CCC(c3ccc(C)cc3)CC2)nc2c1[S+]([O-])CC2. The fraction of sp³-hybridized carbons (Fsp3) is 0.478. The monoisotopic (exact) mass is 439 g/mol. The molecule has 1 atom stereocenters.